The molecule has 1 aliphatic heterocycles. The summed E-state index contributed by atoms with van der Waals surface area (Å²) in [6.07, 6.45) is 0.669. The van der Waals surface area contributed by atoms with E-state index in [2.05, 4.69) is 31.2 Å². The van der Waals surface area contributed by atoms with Crippen LogP contribution in [-0.4, -0.2) is 14.2 Å². The zero-order chi connectivity index (χ0) is 13.5. The van der Waals surface area contributed by atoms with E-state index in [1.54, 1.807) is 12.1 Å². The molecule has 2 aromatic rings. The summed E-state index contributed by atoms with van der Waals surface area (Å²) in [5.74, 6) is 0.433. The van der Waals surface area contributed by atoms with Crippen molar-refractivity contribution >= 4 is 9.84 Å². The van der Waals surface area contributed by atoms with Crippen molar-refractivity contribution in [1.29, 1.82) is 0 Å². The Kier molecular flexibility index (Phi) is 2.94. The highest BCUT2D eigenvalue weighted by Crippen LogP contribution is 2.37. The fourth-order valence-corrected chi connectivity index (χ4v) is 4.36. The molecule has 0 amide bonds. The Morgan fingerprint density at radius 3 is 2.42 bits per heavy atom. The topological polar surface area (TPSA) is 34.1 Å². The number of fused-ring (bicyclic) bond motifs is 1. The minimum Gasteiger partial charge on any atom is -0.224 e. The van der Waals surface area contributed by atoms with E-state index in [1.165, 1.54) is 11.1 Å². The van der Waals surface area contributed by atoms with Gasteiger partial charge >= 0.3 is 0 Å². The Hall–Kier alpha value is -1.61. The summed E-state index contributed by atoms with van der Waals surface area (Å²) < 4.78 is 24.2. The Balaban J connectivity index is 2.13. The molecule has 0 saturated carbocycles. The van der Waals surface area contributed by atoms with Crippen LogP contribution in [0, 0.1) is 6.92 Å². The number of rotatable bonds is 1. The molecule has 98 valence electrons. The molecule has 0 bridgehead atoms. The van der Waals surface area contributed by atoms with Gasteiger partial charge in [0.05, 0.1) is 10.6 Å². The van der Waals surface area contributed by atoms with Gasteiger partial charge in [-0.2, -0.15) is 0 Å². The van der Waals surface area contributed by atoms with E-state index in [0.717, 1.165) is 5.56 Å². The molecule has 2 nitrogen and oxygen atoms in total. The summed E-state index contributed by atoms with van der Waals surface area (Å²) in [6, 6.07) is 15.8. The van der Waals surface area contributed by atoms with Crippen molar-refractivity contribution in [1.82, 2.24) is 0 Å². The Morgan fingerprint density at radius 2 is 1.68 bits per heavy atom. The van der Waals surface area contributed by atoms with Crippen LogP contribution >= 0.6 is 0 Å². The van der Waals surface area contributed by atoms with Crippen molar-refractivity contribution in [3.63, 3.8) is 0 Å². The van der Waals surface area contributed by atoms with E-state index in [0.29, 0.717) is 11.3 Å². The van der Waals surface area contributed by atoms with Gasteiger partial charge in [0.25, 0.3) is 0 Å². The third-order valence-electron chi connectivity index (χ3n) is 3.78. The number of benzene rings is 2. The average molecular weight is 272 g/mol. The van der Waals surface area contributed by atoms with E-state index in [1.807, 2.05) is 12.1 Å². The SMILES string of the molecule is Cc1ccc(C2CCS(=O)(=O)c3ccccc32)cc1. The molecule has 2 aromatic carbocycles. The number of hydrogen-bond acceptors (Lipinski definition) is 2. The normalized spacial score (nSPS) is 20.8. The fourth-order valence-electron chi connectivity index (χ4n) is 2.74. The highest BCUT2D eigenvalue weighted by atomic mass is 32.2. The zero-order valence-electron chi connectivity index (χ0n) is 10.8. The predicted molar refractivity (Wildman–Crippen MR) is 76.1 cm³/mol. The molecular weight excluding hydrogens is 256 g/mol. The number of sulfone groups is 1. The molecule has 0 saturated heterocycles. The van der Waals surface area contributed by atoms with E-state index in [9.17, 15) is 8.42 Å². The molecule has 0 aliphatic carbocycles. The summed E-state index contributed by atoms with van der Waals surface area (Å²) in [4.78, 5) is 0.506. The van der Waals surface area contributed by atoms with E-state index < -0.39 is 9.84 Å². The first-order valence-electron chi connectivity index (χ1n) is 6.46. The van der Waals surface area contributed by atoms with Gasteiger partial charge in [0.2, 0.25) is 0 Å². The molecule has 19 heavy (non-hydrogen) atoms. The summed E-state index contributed by atoms with van der Waals surface area (Å²) in [5, 5.41) is 0. The minimum atomic E-state index is -3.09. The highest BCUT2D eigenvalue weighted by molar-refractivity contribution is 7.91. The lowest BCUT2D eigenvalue weighted by atomic mass is 9.88. The van der Waals surface area contributed by atoms with E-state index in [4.69, 9.17) is 0 Å². The highest BCUT2D eigenvalue weighted by Gasteiger charge is 2.30. The maximum Gasteiger partial charge on any atom is 0.178 e. The van der Waals surface area contributed by atoms with E-state index >= 15 is 0 Å². The van der Waals surface area contributed by atoms with Gasteiger partial charge in [-0.15, -0.1) is 0 Å². The predicted octanol–water partition coefficient (Wildman–Crippen LogP) is 3.30. The second kappa shape index (κ2) is 4.49. The molecule has 1 aliphatic rings. The molecule has 3 rings (SSSR count). The lowest BCUT2D eigenvalue weighted by Gasteiger charge is -2.25. The molecule has 0 aromatic heterocycles. The third kappa shape index (κ3) is 2.19. The molecule has 0 radical (unpaired) electrons. The fraction of sp³-hybridized carbons (Fsp3) is 0.250. The molecule has 0 N–H and O–H groups in total. The van der Waals surface area contributed by atoms with Crippen LogP contribution in [0.15, 0.2) is 53.4 Å². The second-order valence-corrected chi connectivity index (χ2v) is 7.19. The van der Waals surface area contributed by atoms with E-state index in [-0.39, 0.29) is 11.7 Å². The van der Waals surface area contributed by atoms with Crippen molar-refractivity contribution in [2.24, 2.45) is 0 Å². The van der Waals surface area contributed by atoms with Crippen molar-refractivity contribution in [2.45, 2.75) is 24.2 Å². The summed E-state index contributed by atoms with van der Waals surface area (Å²) in [5.41, 5.74) is 3.37. The summed E-state index contributed by atoms with van der Waals surface area (Å²) in [6.45, 7) is 2.06. The zero-order valence-corrected chi connectivity index (χ0v) is 11.7. The molecule has 1 atom stereocenters. The first-order chi connectivity index (χ1) is 9.08. The van der Waals surface area contributed by atoms with Gasteiger partial charge in [0.1, 0.15) is 0 Å². The van der Waals surface area contributed by atoms with Crippen LogP contribution in [0.1, 0.15) is 29.0 Å². The second-order valence-electron chi connectivity index (χ2n) is 5.11. The van der Waals surface area contributed by atoms with Crippen molar-refractivity contribution in [2.75, 3.05) is 5.75 Å². The molecule has 0 spiro atoms. The van der Waals surface area contributed by atoms with Crippen LogP contribution in [0.25, 0.3) is 0 Å². The Morgan fingerprint density at radius 1 is 1.00 bits per heavy atom. The van der Waals surface area contributed by atoms with Crippen LogP contribution < -0.4 is 0 Å². The summed E-state index contributed by atoms with van der Waals surface area (Å²) in [7, 11) is -3.09. The van der Waals surface area contributed by atoms with Crippen LogP contribution in [-0.2, 0) is 9.84 Å². The Bertz CT molecular complexity index is 700. The molecule has 3 heteroatoms. The third-order valence-corrected chi connectivity index (χ3v) is 5.60. The van der Waals surface area contributed by atoms with Gasteiger partial charge in [-0.25, -0.2) is 8.42 Å². The quantitative estimate of drug-likeness (QED) is 0.798. The van der Waals surface area contributed by atoms with Crippen LogP contribution in [0.3, 0.4) is 0 Å². The molecule has 1 heterocycles. The van der Waals surface area contributed by atoms with Crippen LogP contribution in [0.5, 0.6) is 0 Å². The van der Waals surface area contributed by atoms with Gasteiger partial charge in [-0.3, -0.25) is 0 Å². The standard InChI is InChI=1S/C16H16O2S/c1-12-6-8-13(9-7-12)14-10-11-19(17,18)16-5-3-2-4-15(14)16/h2-9,14H,10-11H2,1H3. The smallest absolute Gasteiger partial charge is 0.178 e. The van der Waals surface area contributed by atoms with Gasteiger partial charge in [0.15, 0.2) is 9.84 Å². The largest absolute Gasteiger partial charge is 0.224 e. The molecule has 1 unspecified atom stereocenters. The maximum absolute atomic E-state index is 12.1. The number of aryl methyl sites for hydroxylation is 1. The average Bonchev–Trinajstić information content (AvgIpc) is 2.41. The lowest BCUT2D eigenvalue weighted by Crippen LogP contribution is -2.20. The minimum absolute atomic E-state index is 0.195. The van der Waals surface area contributed by atoms with Crippen molar-refractivity contribution < 1.29 is 8.42 Å². The van der Waals surface area contributed by atoms with Crippen LogP contribution in [0.4, 0.5) is 0 Å². The van der Waals surface area contributed by atoms with Gasteiger partial charge in [-0.1, -0.05) is 48.0 Å². The lowest BCUT2D eigenvalue weighted by molar-refractivity contribution is 0.579. The molecular formula is C16H16O2S. The number of hydrogen-bond donors (Lipinski definition) is 0. The maximum atomic E-state index is 12.1. The summed E-state index contributed by atoms with van der Waals surface area (Å²) >= 11 is 0. The van der Waals surface area contributed by atoms with Gasteiger partial charge in [-0.05, 0) is 30.5 Å². The first-order valence-corrected chi connectivity index (χ1v) is 8.11. The first kappa shape index (κ1) is 12.4. The van der Waals surface area contributed by atoms with Crippen molar-refractivity contribution in [3.8, 4) is 0 Å². The molecule has 0 fully saturated rings. The monoisotopic (exact) mass is 272 g/mol. The van der Waals surface area contributed by atoms with Crippen LogP contribution in [0.2, 0.25) is 0 Å². The van der Waals surface area contributed by atoms with Gasteiger partial charge in [0, 0.05) is 5.92 Å². The van der Waals surface area contributed by atoms with Gasteiger partial charge < -0.3 is 0 Å². The van der Waals surface area contributed by atoms with Crippen molar-refractivity contribution in [3.05, 3.63) is 65.2 Å². The Labute approximate surface area is 114 Å².